The largest absolute Gasteiger partial charge is 0.313 e. The number of hydrogen-bond acceptors (Lipinski definition) is 2. The quantitative estimate of drug-likeness (QED) is 0.833. The van der Waals surface area contributed by atoms with E-state index in [2.05, 4.69) is 56.9 Å². The van der Waals surface area contributed by atoms with E-state index in [1.54, 1.807) is 5.56 Å². The zero-order valence-corrected chi connectivity index (χ0v) is 14.3. The van der Waals surface area contributed by atoms with Crippen LogP contribution in [0.2, 0.25) is 0 Å². The zero-order valence-electron chi connectivity index (χ0n) is 13.5. The first-order chi connectivity index (χ1) is 9.61. The second-order valence-electron chi connectivity index (χ2n) is 6.19. The van der Waals surface area contributed by atoms with Crippen molar-refractivity contribution in [1.29, 1.82) is 0 Å². The van der Waals surface area contributed by atoms with Crippen molar-refractivity contribution in [2.75, 3.05) is 12.3 Å². The minimum atomic E-state index is 0.641. The Hall–Kier alpha value is -0.470. The highest BCUT2D eigenvalue weighted by molar-refractivity contribution is 8.00. The van der Waals surface area contributed by atoms with Gasteiger partial charge in [-0.3, -0.25) is 0 Å². The van der Waals surface area contributed by atoms with Crippen molar-refractivity contribution < 1.29 is 0 Å². The smallest absolute Gasteiger partial charge is 0.0227 e. The van der Waals surface area contributed by atoms with Crippen molar-refractivity contribution >= 4 is 11.8 Å². The number of rotatable bonds is 6. The van der Waals surface area contributed by atoms with Crippen molar-refractivity contribution in [3.8, 4) is 0 Å². The van der Waals surface area contributed by atoms with Gasteiger partial charge in [-0.2, -0.15) is 11.8 Å². The summed E-state index contributed by atoms with van der Waals surface area (Å²) in [6.45, 7) is 10.1. The van der Waals surface area contributed by atoms with Crippen molar-refractivity contribution in [3.05, 3.63) is 34.4 Å². The molecule has 2 rings (SSSR count). The van der Waals surface area contributed by atoms with Gasteiger partial charge in [-0.1, -0.05) is 24.6 Å². The first kappa shape index (κ1) is 15.9. The van der Waals surface area contributed by atoms with E-state index in [1.807, 2.05) is 0 Å². The zero-order chi connectivity index (χ0) is 14.5. The highest BCUT2D eigenvalue weighted by atomic mass is 32.2. The summed E-state index contributed by atoms with van der Waals surface area (Å²) in [6.07, 6.45) is 5.19. The molecule has 2 atom stereocenters. The minimum Gasteiger partial charge on any atom is -0.313 e. The molecule has 1 heterocycles. The lowest BCUT2D eigenvalue weighted by atomic mass is 9.92. The lowest BCUT2D eigenvalue weighted by Gasteiger charge is -2.26. The number of thioether (sulfide) groups is 1. The number of nitrogens with one attached hydrogen (secondary N) is 1. The van der Waals surface area contributed by atoms with Crippen molar-refractivity contribution in [1.82, 2.24) is 5.32 Å². The van der Waals surface area contributed by atoms with Gasteiger partial charge in [-0.05, 0) is 75.4 Å². The molecule has 2 heteroatoms. The first-order valence-corrected chi connectivity index (χ1v) is 9.08. The third-order valence-corrected chi connectivity index (χ3v) is 5.85. The van der Waals surface area contributed by atoms with E-state index in [-0.39, 0.29) is 0 Å². The normalized spacial score (nSPS) is 20.3. The van der Waals surface area contributed by atoms with E-state index < -0.39 is 0 Å². The summed E-state index contributed by atoms with van der Waals surface area (Å²) in [6, 6.07) is 5.31. The Bertz CT molecular complexity index is 412. The molecule has 1 nitrogen and oxygen atoms in total. The Kier molecular flexibility index (Phi) is 5.98. The number of benzene rings is 1. The van der Waals surface area contributed by atoms with Crippen LogP contribution in [0.15, 0.2) is 12.1 Å². The summed E-state index contributed by atoms with van der Waals surface area (Å²) in [5.41, 5.74) is 5.89. The predicted molar refractivity (Wildman–Crippen MR) is 91.9 cm³/mol. The molecule has 0 spiro atoms. The maximum absolute atomic E-state index is 3.81. The summed E-state index contributed by atoms with van der Waals surface area (Å²) in [5, 5.41) is 4.62. The molecule has 1 aliphatic rings. The summed E-state index contributed by atoms with van der Waals surface area (Å²) < 4.78 is 0. The third kappa shape index (κ3) is 4.02. The molecule has 0 radical (unpaired) electrons. The number of hydrogen-bond donors (Lipinski definition) is 1. The molecule has 1 aromatic rings. The molecule has 1 saturated heterocycles. The van der Waals surface area contributed by atoms with Crippen LogP contribution in [0, 0.1) is 20.8 Å². The standard InChI is InChI=1S/C18H29NS/c1-5-8-19-17(18-7-6-9-20-18)12-16-14(3)10-13(2)11-15(16)4/h10-11,17-19H,5-9,12H2,1-4H3. The van der Waals surface area contributed by atoms with Crippen LogP contribution in [-0.2, 0) is 6.42 Å². The fourth-order valence-corrected chi connectivity index (χ4v) is 4.73. The second-order valence-corrected chi connectivity index (χ2v) is 7.54. The molecule has 1 fully saturated rings. The molecule has 112 valence electrons. The topological polar surface area (TPSA) is 12.0 Å². The van der Waals surface area contributed by atoms with Crippen LogP contribution in [0.25, 0.3) is 0 Å². The molecule has 1 aliphatic heterocycles. The maximum atomic E-state index is 3.81. The molecule has 2 unspecified atom stereocenters. The molecular formula is C18H29NS. The Labute approximate surface area is 128 Å². The molecule has 0 aromatic heterocycles. The van der Waals surface area contributed by atoms with Gasteiger partial charge in [0.15, 0.2) is 0 Å². The van der Waals surface area contributed by atoms with Crippen molar-refractivity contribution in [3.63, 3.8) is 0 Å². The van der Waals surface area contributed by atoms with Gasteiger partial charge in [0.25, 0.3) is 0 Å². The molecule has 0 amide bonds. The van der Waals surface area contributed by atoms with E-state index in [9.17, 15) is 0 Å². The van der Waals surface area contributed by atoms with Crippen LogP contribution in [0.3, 0.4) is 0 Å². The van der Waals surface area contributed by atoms with Gasteiger partial charge in [0.2, 0.25) is 0 Å². The van der Waals surface area contributed by atoms with E-state index in [4.69, 9.17) is 0 Å². The van der Waals surface area contributed by atoms with Crippen LogP contribution in [0.4, 0.5) is 0 Å². The summed E-state index contributed by atoms with van der Waals surface area (Å²) >= 11 is 2.17. The molecule has 0 saturated carbocycles. The van der Waals surface area contributed by atoms with Gasteiger partial charge < -0.3 is 5.32 Å². The highest BCUT2D eigenvalue weighted by Gasteiger charge is 2.26. The van der Waals surface area contributed by atoms with Gasteiger partial charge in [-0.15, -0.1) is 0 Å². The molecule has 0 bridgehead atoms. The Morgan fingerprint density at radius 1 is 1.25 bits per heavy atom. The molecule has 20 heavy (non-hydrogen) atoms. The van der Waals surface area contributed by atoms with E-state index in [1.165, 1.54) is 48.1 Å². The summed E-state index contributed by atoms with van der Waals surface area (Å²) in [7, 11) is 0. The highest BCUT2D eigenvalue weighted by Crippen LogP contribution is 2.31. The van der Waals surface area contributed by atoms with Gasteiger partial charge >= 0.3 is 0 Å². The molecule has 1 aromatic carbocycles. The molecule has 1 N–H and O–H groups in total. The first-order valence-electron chi connectivity index (χ1n) is 8.03. The van der Waals surface area contributed by atoms with Gasteiger partial charge in [0.05, 0.1) is 0 Å². The lowest BCUT2D eigenvalue weighted by Crippen LogP contribution is -2.39. The monoisotopic (exact) mass is 291 g/mol. The van der Waals surface area contributed by atoms with Crippen LogP contribution in [0.1, 0.15) is 48.4 Å². The minimum absolute atomic E-state index is 0.641. The second kappa shape index (κ2) is 7.51. The van der Waals surface area contributed by atoms with E-state index >= 15 is 0 Å². The van der Waals surface area contributed by atoms with Gasteiger partial charge in [-0.25, -0.2) is 0 Å². The Morgan fingerprint density at radius 3 is 2.50 bits per heavy atom. The average Bonchev–Trinajstić information content (AvgIpc) is 2.91. The fraction of sp³-hybridized carbons (Fsp3) is 0.667. The SMILES string of the molecule is CCCNC(Cc1c(C)cc(C)cc1C)C1CCCS1. The van der Waals surface area contributed by atoms with Crippen LogP contribution in [-0.4, -0.2) is 23.6 Å². The average molecular weight is 292 g/mol. The summed E-state index contributed by atoms with van der Waals surface area (Å²) in [4.78, 5) is 0. The van der Waals surface area contributed by atoms with Crippen LogP contribution < -0.4 is 5.32 Å². The molecular weight excluding hydrogens is 262 g/mol. The molecule has 0 aliphatic carbocycles. The maximum Gasteiger partial charge on any atom is 0.0227 e. The van der Waals surface area contributed by atoms with E-state index in [0.29, 0.717) is 6.04 Å². The Morgan fingerprint density at radius 2 is 1.95 bits per heavy atom. The van der Waals surface area contributed by atoms with Crippen LogP contribution in [0.5, 0.6) is 0 Å². The van der Waals surface area contributed by atoms with Crippen LogP contribution >= 0.6 is 11.8 Å². The van der Waals surface area contributed by atoms with E-state index in [0.717, 1.165) is 11.8 Å². The lowest BCUT2D eigenvalue weighted by molar-refractivity contribution is 0.480. The van der Waals surface area contributed by atoms with Crippen molar-refractivity contribution in [2.24, 2.45) is 0 Å². The fourth-order valence-electron chi connectivity index (χ4n) is 3.34. The van der Waals surface area contributed by atoms with Crippen molar-refractivity contribution in [2.45, 2.75) is 64.7 Å². The third-order valence-electron chi connectivity index (χ3n) is 4.33. The Balaban J connectivity index is 2.14. The van der Waals surface area contributed by atoms with Gasteiger partial charge in [0.1, 0.15) is 0 Å². The predicted octanol–water partition coefficient (Wildman–Crippen LogP) is 4.42. The number of aryl methyl sites for hydroxylation is 3. The summed E-state index contributed by atoms with van der Waals surface area (Å²) in [5.74, 6) is 1.35. The van der Waals surface area contributed by atoms with Gasteiger partial charge in [0, 0.05) is 11.3 Å².